The fourth-order valence-corrected chi connectivity index (χ4v) is 2.60. The average molecular weight is 278 g/mol. The highest BCUT2D eigenvalue weighted by atomic mass is 32.1. The van der Waals surface area contributed by atoms with Crippen molar-refractivity contribution in [1.29, 1.82) is 0 Å². The van der Waals surface area contributed by atoms with Gasteiger partial charge in [0.15, 0.2) is 5.11 Å². The molecule has 0 aromatic heterocycles. The zero-order valence-electron chi connectivity index (χ0n) is 11.5. The first kappa shape index (κ1) is 14.1. The lowest BCUT2D eigenvalue weighted by Crippen LogP contribution is -2.43. The van der Waals surface area contributed by atoms with E-state index in [2.05, 4.69) is 22.3 Å². The summed E-state index contributed by atoms with van der Waals surface area (Å²) in [4.78, 5) is 2.28. The van der Waals surface area contributed by atoms with Gasteiger partial charge >= 0.3 is 0 Å². The minimum atomic E-state index is 0.891. The maximum absolute atomic E-state index is 5.42. The summed E-state index contributed by atoms with van der Waals surface area (Å²) >= 11 is 5.42. The Morgan fingerprint density at radius 1 is 1.21 bits per heavy atom. The molecule has 0 unspecified atom stereocenters. The van der Waals surface area contributed by atoms with E-state index in [9.17, 15) is 0 Å². The minimum absolute atomic E-state index is 0.891. The molecule has 0 spiro atoms. The zero-order chi connectivity index (χ0) is 13.5. The Kier molecular flexibility index (Phi) is 5.45. The van der Waals surface area contributed by atoms with E-state index in [-0.39, 0.29) is 0 Å². The molecule has 0 amide bonds. The lowest BCUT2D eigenvalue weighted by Gasteiger charge is -2.29. The second-order valence-corrected chi connectivity index (χ2v) is 5.26. The highest BCUT2D eigenvalue weighted by Crippen LogP contribution is 2.11. The molecule has 1 aromatic rings. The molecule has 1 heterocycles. The summed E-state index contributed by atoms with van der Waals surface area (Å²) in [5.74, 6) is 0.903. The van der Waals surface area contributed by atoms with E-state index < -0.39 is 0 Å². The molecule has 1 fully saturated rings. The zero-order valence-corrected chi connectivity index (χ0v) is 12.3. The monoisotopic (exact) mass is 278 g/mol. The molecule has 19 heavy (non-hydrogen) atoms. The standard InChI is InChI=1S/C15H22N2OS/c1-18-14-7-5-13(6-8-14)9-10-16-15(19)17-11-3-2-4-12-17/h5-8H,2-4,9-12H2,1H3,(H,16,19). The van der Waals surface area contributed by atoms with Gasteiger partial charge in [-0.1, -0.05) is 12.1 Å². The molecule has 1 aromatic carbocycles. The molecule has 1 aliphatic heterocycles. The van der Waals surface area contributed by atoms with Crippen LogP contribution in [0, 0.1) is 0 Å². The molecule has 0 atom stereocenters. The Morgan fingerprint density at radius 3 is 2.53 bits per heavy atom. The van der Waals surface area contributed by atoms with E-state index in [0.29, 0.717) is 0 Å². The number of likely N-dealkylation sites (tertiary alicyclic amines) is 1. The van der Waals surface area contributed by atoms with Gasteiger partial charge in [0.1, 0.15) is 5.75 Å². The first-order valence-electron chi connectivity index (χ1n) is 6.95. The van der Waals surface area contributed by atoms with Gasteiger partial charge in [0.25, 0.3) is 0 Å². The maximum atomic E-state index is 5.42. The predicted molar refractivity (Wildman–Crippen MR) is 82.7 cm³/mol. The summed E-state index contributed by atoms with van der Waals surface area (Å²) in [6, 6.07) is 8.20. The molecule has 0 saturated carbocycles. The maximum Gasteiger partial charge on any atom is 0.168 e. The van der Waals surface area contributed by atoms with Gasteiger partial charge in [-0.3, -0.25) is 0 Å². The summed E-state index contributed by atoms with van der Waals surface area (Å²) < 4.78 is 5.15. The first-order chi connectivity index (χ1) is 9.29. The number of rotatable bonds is 4. The van der Waals surface area contributed by atoms with Crippen molar-refractivity contribution < 1.29 is 4.74 Å². The van der Waals surface area contributed by atoms with Gasteiger partial charge in [0.2, 0.25) is 0 Å². The van der Waals surface area contributed by atoms with Crippen LogP contribution in [0.25, 0.3) is 0 Å². The molecule has 0 radical (unpaired) electrons. The van der Waals surface area contributed by atoms with Crippen LogP contribution in [0.1, 0.15) is 24.8 Å². The fourth-order valence-electron chi connectivity index (χ4n) is 2.31. The number of ether oxygens (including phenoxy) is 1. The first-order valence-corrected chi connectivity index (χ1v) is 7.36. The van der Waals surface area contributed by atoms with Crippen molar-refractivity contribution in [2.45, 2.75) is 25.7 Å². The Hall–Kier alpha value is -1.29. The van der Waals surface area contributed by atoms with E-state index in [1.54, 1.807) is 7.11 Å². The Balaban J connectivity index is 1.71. The van der Waals surface area contributed by atoms with Crippen molar-refractivity contribution in [1.82, 2.24) is 10.2 Å². The molecule has 104 valence electrons. The average Bonchev–Trinajstić information content (AvgIpc) is 2.49. The third-order valence-corrected chi connectivity index (χ3v) is 3.89. The van der Waals surface area contributed by atoms with E-state index in [1.807, 2.05) is 12.1 Å². The Bertz CT molecular complexity index is 399. The number of hydrogen-bond donors (Lipinski definition) is 1. The Morgan fingerprint density at radius 2 is 1.89 bits per heavy atom. The van der Waals surface area contributed by atoms with E-state index in [4.69, 9.17) is 17.0 Å². The molecule has 4 heteroatoms. The summed E-state index contributed by atoms with van der Waals surface area (Å²) in [7, 11) is 1.69. The molecule has 1 N–H and O–H groups in total. The van der Waals surface area contributed by atoms with Crippen molar-refractivity contribution in [3.05, 3.63) is 29.8 Å². The highest BCUT2D eigenvalue weighted by Gasteiger charge is 2.12. The number of thiocarbonyl (C=S) groups is 1. The van der Waals surface area contributed by atoms with Gasteiger partial charge in [-0.25, -0.2) is 0 Å². The van der Waals surface area contributed by atoms with Crippen LogP contribution in [0.15, 0.2) is 24.3 Å². The van der Waals surface area contributed by atoms with Crippen molar-refractivity contribution in [2.24, 2.45) is 0 Å². The molecule has 2 rings (SSSR count). The lowest BCUT2D eigenvalue weighted by molar-refractivity contribution is 0.338. The normalized spacial score (nSPS) is 15.1. The van der Waals surface area contributed by atoms with E-state index >= 15 is 0 Å². The van der Waals surface area contributed by atoms with Crippen LogP contribution in [0.5, 0.6) is 5.75 Å². The van der Waals surface area contributed by atoms with E-state index in [0.717, 1.165) is 36.9 Å². The molecule has 1 aliphatic rings. The number of piperidine rings is 1. The van der Waals surface area contributed by atoms with Gasteiger partial charge in [-0.15, -0.1) is 0 Å². The quantitative estimate of drug-likeness (QED) is 0.856. The van der Waals surface area contributed by atoms with Gasteiger partial charge in [-0.05, 0) is 55.6 Å². The van der Waals surface area contributed by atoms with Crippen LogP contribution in [0.4, 0.5) is 0 Å². The minimum Gasteiger partial charge on any atom is -0.497 e. The van der Waals surface area contributed by atoms with Gasteiger partial charge in [0, 0.05) is 19.6 Å². The summed E-state index contributed by atoms with van der Waals surface area (Å²) in [6.45, 7) is 3.10. The Labute approximate surface area is 120 Å². The molecule has 0 aliphatic carbocycles. The molecular formula is C15H22N2OS. The van der Waals surface area contributed by atoms with Crippen LogP contribution in [0.3, 0.4) is 0 Å². The summed E-state index contributed by atoms with van der Waals surface area (Å²) in [5, 5.41) is 4.27. The van der Waals surface area contributed by atoms with Crippen molar-refractivity contribution in [2.75, 3.05) is 26.7 Å². The van der Waals surface area contributed by atoms with Crippen molar-refractivity contribution >= 4 is 17.3 Å². The topological polar surface area (TPSA) is 24.5 Å². The van der Waals surface area contributed by atoms with Crippen molar-refractivity contribution in [3.63, 3.8) is 0 Å². The molecule has 0 bridgehead atoms. The van der Waals surface area contributed by atoms with Gasteiger partial charge < -0.3 is 15.0 Å². The van der Waals surface area contributed by atoms with Crippen LogP contribution < -0.4 is 10.1 Å². The molecule has 1 saturated heterocycles. The number of hydrogen-bond acceptors (Lipinski definition) is 2. The molecular weight excluding hydrogens is 256 g/mol. The number of methoxy groups -OCH3 is 1. The summed E-state index contributed by atoms with van der Waals surface area (Å²) in [5.41, 5.74) is 1.30. The second kappa shape index (κ2) is 7.34. The van der Waals surface area contributed by atoms with Crippen LogP contribution in [0.2, 0.25) is 0 Å². The smallest absolute Gasteiger partial charge is 0.168 e. The second-order valence-electron chi connectivity index (χ2n) is 4.88. The fraction of sp³-hybridized carbons (Fsp3) is 0.533. The van der Waals surface area contributed by atoms with Crippen LogP contribution >= 0.6 is 12.2 Å². The van der Waals surface area contributed by atoms with Crippen LogP contribution in [-0.2, 0) is 6.42 Å². The SMILES string of the molecule is COc1ccc(CCNC(=S)N2CCCCC2)cc1. The molecule has 3 nitrogen and oxygen atoms in total. The largest absolute Gasteiger partial charge is 0.497 e. The van der Waals surface area contributed by atoms with Crippen molar-refractivity contribution in [3.8, 4) is 5.75 Å². The number of nitrogens with zero attached hydrogens (tertiary/aromatic N) is 1. The third kappa shape index (κ3) is 4.39. The highest BCUT2D eigenvalue weighted by molar-refractivity contribution is 7.80. The predicted octanol–water partition coefficient (Wildman–Crippen LogP) is 2.60. The van der Waals surface area contributed by atoms with Gasteiger partial charge in [-0.2, -0.15) is 0 Å². The lowest BCUT2D eigenvalue weighted by atomic mass is 10.1. The number of nitrogens with one attached hydrogen (secondary N) is 1. The number of benzene rings is 1. The van der Waals surface area contributed by atoms with E-state index in [1.165, 1.54) is 24.8 Å². The van der Waals surface area contributed by atoms with Gasteiger partial charge in [0.05, 0.1) is 7.11 Å². The third-order valence-electron chi connectivity index (χ3n) is 3.49. The van der Waals surface area contributed by atoms with Crippen LogP contribution in [-0.4, -0.2) is 36.8 Å². The summed E-state index contributed by atoms with van der Waals surface area (Å²) in [6.07, 6.45) is 4.85.